The van der Waals surface area contributed by atoms with Crippen molar-refractivity contribution in [2.75, 3.05) is 26.2 Å². The predicted molar refractivity (Wildman–Crippen MR) is 102 cm³/mol. The highest BCUT2D eigenvalue weighted by atomic mass is 32.1. The van der Waals surface area contributed by atoms with Crippen molar-refractivity contribution in [2.24, 2.45) is 4.99 Å². The first-order valence-electron chi connectivity index (χ1n) is 9.17. The number of furan rings is 1. The molecule has 0 saturated carbocycles. The van der Waals surface area contributed by atoms with Crippen LogP contribution in [0.4, 0.5) is 0 Å². The van der Waals surface area contributed by atoms with Crippen molar-refractivity contribution >= 4 is 23.2 Å². The molecule has 1 atom stereocenters. The number of carbonyl (C=O) groups excluding carboxylic acids is 1. The van der Waals surface area contributed by atoms with Crippen molar-refractivity contribution in [1.82, 2.24) is 15.1 Å². The standard InChI is InChI=1S/C19H24N4O2S/c24-18-6-5-15-14-22(9-10-23(15)18)19(21-13-17-4-2-12-26-17)20-8-7-16-3-1-11-25-16/h1-4,11-12,15H,5-10,13-14H2,(H,20,21). The number of nitrogens with zero attached hydrogens (tertiary/aromatic N) is 3. The van der Waals surface area contributed by atoms with Gasteiger partial charge in [0.15, 0.2) is 5.96 Å². The highest BCUT2D eigenvalue weighted by Crippen LogP contribution is 2.23. The van der Waals surface area contributed by atoms with E-state index >= 15 is 0 Å². The first kappa shape index (κ1) is 17.1. The summed E-state index contributed by atoms with van der Waals surface area (Å²) in [6, 6.07) is 8.41. The molecule has 0 bridgehead atoms. The molecule has 26 heavy (non-hydrogen) atoms. The molecule has 138 valence electrons. The van der Waals surface area contributed by atoms with E-state index in [9.17, 15) is 4.79 Å². The summed E-state index contributed by atoms with van der Waals surface area (Å²) in [6.45, 7) is 3.95. The summed E-state index contributed by atoms with van der Waals surface area (Å²) in [6.07, 6.45) is 4.18. The monoisotopic (exact) mass is 372 g/mol. The molecule has 2 saturated heterocycles. The Morgan fingerprint density at radius 3 is 3.12 bits per heavy atom. The van der Waals surface area contributed by atoms with Gasteiger partial charge in [-0.3, -0.25) is 4.79 Å². The van der Waals surface area contributed by atoms with E-state index in [0.717, 1.165) is 50.7 Å². The molecular weight excluding hydrogens is 348 g/mol. The van der Waals surface area contributed by atoms with E-state index in [-0.39, 0.29) is 0 Å². The molecule has 2 fully saturated rings. The number of rotatable bonds is 5. The first-order valence-corrected chi connectivity index (χ1v) is 10.0. The molecule has 0 aliphatic carbocycles. The number of hydrogen-bond donors (Lipinski definition) is 1. The third-order valence-electron chi connectivity index (χ3n) is 4.99. The van der Waals surface area contributed by atoms with Crippen molar-refractivity contribution in [2.45, 2.75) is 31.8 Å². The molecule has 2 aromatic heterocycles. The molecule has 6 nitrogen and oxygen atoms in total. The van der Waals surface area contributed by atoms with Gasteiger partial charge in [0.2, 0.25) is 5.91 Å². The Bertz CT molecular complexity index is 742. The summed E-state index contributed by atoms with van der Waals surface area (Å²) in [5.41, 5.74) is 0. The van der Waals surface area contributed by atoms with Crippen LogP contribution >= 0.6 is 11.3 Å². The van der Waals surface area contributed by atoms with Crippen LogP contribution < -0.4 is 5.32 Å². The van der Waals surface area contributed by atoms with Gasteiger partial charge in [0.05, 0.1) is 12.8 Å². The molecule has 1 amide bonds. The van der Waals surface area contributed by atoms with E-state index in [1.165, 1.54) is 4.88 Å². The summed E-state index contributed by atoms with van der Waals surface area (Å²) in [5, 5.41) is 5.58. The molecule has 2 aliphatic rings. The SMILES string of the molecule is O=C1CCC2CN(C(=NCc3cccs3)NCCc3ccco3)CCN12. The Kier molecular flexibility index (Phi) is 5.24. The molecular formula is C19H24N4O2S. The number of nitrogens with one attached hydrogen (secondary N) is 1. The fourth-order valence-electron chi connectivity index (χ4n) is 3.63. The lowest BCUT2D eigenvalue weighted by molar-refractivity contribution is -0.130. The van der Waals surface area contributed by atoms with Crippen LogP contribution in [-0.2, 0) is 17.8 Å². The van der Waals surface area contributed by atoms with Gasteiger partial charge in [-0.1, -0.05) is 6.07 Å². The van der Waals surface area contributed by atoms with Crippen LogP contribution in [0, 0.1) is 0 Å². The fourth-order valence-corrected chi connectivity index (χ4v) is 4.26. The molecule has 0 aromatic carbocycles. The second-order valence-corrected chi connectivity index (χ2v) is 7.73. The number of fused-ring (bicyclic) bond motifs is 1. The molecule has 4 heterocycles. The van der Waals surface area contributed by atoms with Gasteiger partial charge in [0.1, 0.15) is 5.76 Å². The maximum atomic E-state index is 11.9. The summed E-state index contributed by atoms with van der Waals surface area (Å²) < 4.78 is 5.41. The highest BCUT2D eigenvalue weighted by Gasteiger charge is 2.36. The number of carbonyl (C=O) groups is 1. The van der Waals surface area contributed by atoms with Gasteiger partial charge in [-0.25, -0.2) is 4.99 Å². The van der Waals surface area contributed by atoms with E-state index in [1.807, 2.05) is 17.0 Å². The first-order chi connectivity index (χ1) is 12.8. The van der Waals surface area contributed by atoms with Gasteiger partial charge in [-0.05, 0) is 30.0 Å². The zero-order valence-corrected chi connectivity index (χ0v) is 15.6. The number of thiophene rings is 1. The van der Waals surface area contributed by atoms with E-state index in [1.54, 1.807) is 17.6 Å². The Hall–Kier alpha value is -2.28. The van der Waals surface area contributed by atoms with Gasteiger partial charge in [0.25, 0.3) is 0 Å². The van der Waals surface area contributed by atoms with Crippen LogP contribution in [0.1, 0.15) is 23.5 Å². The Labute approximate surface area is 157 Å². The summed E-state index contributed by atoms with van der Waals surface area (Å²) >= 11 is 1.73. The molecule has 2 aliphatic heterocycles. The van der Waals surface area contributed by atoms with Crippen LogP contribution in [-0.4, -0.2) is 53.9 Å². The third kappa shape index (κ3) is 3.93. The lowest BCUT2D eigenvalue weighted by atomic mass is 10.1. The third-order valence-corrected chi connectivity index (χ3v) is 5.85. The van der Waals surface area contributed by atoms with Gasteiger partial charge in [-0.15, -0.1) is 11.3 Å². The van der Waals surface area contributed by atoms with Crippen molar-refractivity contribution in [3.05, 3.63) is 46.5 Å². The van der Waals surface area contributed by atoms with Gasteiger partial charge in [0, 0.05) is 49.9 Å². The average Bonchev–Trinajstić information content (AvgIpc) is 3.41. The number of amides is 1. The lowest BCUT2D eigenvalue weighted by Gasteiger charge is -2.39. The van der Waals surface area contributed by atoms with Crippen molar-refractivity contribution in [3.8, 4) is 0 Å². The van der Waals surface area contributed by atoms with E-state index in [2.05, 4.69) is 27.7 Å². The molecule has 4 rings (SSSR count). The van der Waals surface area contributed by atoms with Crippen LogP contribution in [0.3, 0.4) is 0 Å². The van der Waals surface area contributed by atoms with E-state index in [0.29, 0.717) is 24.9 Å². The van der Waals surface area contributed by atoms with Crippen LogP contribution in [0.2, 0.25) is 0 Å². The number of piperazine rings is 1. The smallest absolute Gasteiger partial charge is 0.223 e. The molecule has 1 unspecified atom stereocenters. The minimum atomic E-state index is 0.303. The van der Waals surface area contributed by atoms with Gasteiger partial charge in [-0.2, -0.15) is 0 Å². The quantitative estimate of drug-likeness (QED) is 0.646. The molecule has 7 heteroatoms. The molecule has 0 radical (unpaired) electrons. The number of hydrogen-bond acceptors (Lipinski definition) is 4. The fraction of sp³-hybridized carbons (Fsp3) is 0.474. The maximum Gasteiger partial charge on any atom is 0.223 e. The Balaban J connectivity index is 1.41. The van der Waals surface area contributed by atoms with Gasteiger partial charge >= 0.3 is 0 Å². The minimum absolute atomic E-state index is 0.303. The maximum absolute atomic E-state index is 11.9. The lowest BCUT2D eigenvalue weighted by Crippen LogP contribution is -2.56. The second kappa shape index (κ2) is 7.95. The molecule has 0 spiro atoms. The van der Waals surface area contributed by atoms with Crippen molar-refractivity contribution < 1.29 is 9.21 Å². The largest absolute Gasteiger partial charge is 0.469 e. The number of aliphatic imine (C=N–C) groups is 1. The zero-order valence-electron chi connectivity index (χ0n) is 14.8. The van der Waals surface area contributed by atoms with Gasteiger partial charge < -0.3 is 19.5 Å². The summed E-state index contributed by atoms with van der Waals surface area (Å²) in [7, 11) is 0. The van der Waals surface area contributed by atoms with Crippen LogP contribution in [0.15, 0.2) is 45.3 Å². The Morgan fingerprint density at radius 1 is 1.35 bits per heavy atom. The Morgan fingerprint density at radius 2 is 2.31 bits per heavy atom. The van der Waals surface area contributed by atoms with Crippen molar-refractivity contribution in [3.63, 3.8) is 0 Å². The van der Waals surface area contributed by atoms with E-state index in [4.69, 9.17) is 9.41 Å². The summed E-state index contributed by atoms with van der Waals surface area (Å²) in [5.74, 6) is 2.21. The van der Waals surface area contributed by atoms with E-state index < -0.39 is 0 Å². The highest BCUT2D eigenvalue weighted by molar-refractivity contribution is 7.09. The van der Waals surface area contributed by atoms with Crippen LogP contribution in [0.25, 0.3) is 0 Å². The average molecular weight is 372 g/mol. The van der Waals surface area contributed by atoms with Crippen molar-refractivity contribution in [1.29, 1.82) is 0 Å². The number of guanidine groups is 1. The predicted octanol–water partition coefficient (Wildman–Crippen LogP) is 2.34. The topological polar surface area (TPSA) is 61.1 Å². The minimum Gasteiger partial charge on any atom is -0.469 e. The molecule has 2 aromatic rings. The van der Waals surface area contributed by atoms with Crippen LogP contribution in [0.5, 0.6) is 0 Å². The second-order valence-electron chi connectivity index (χ2n) is 6.70. The zero-order chi connectivity index (χ0) is 17.8. The molecule has 1 N–H and O–H groups in total. The summed E-state index contributed by atoms with van der Waals surface area (Å²) in [4.78, 5) is 22.4. The normalized spacial score (nSPS) is 20.5.